The summed E-state index contributed by atoms with van der Waals surface area (Å²) in [6.07, 6.45) is 2.40. The molecule has 0 saturated heterocycles. The zero-order valence-electron chi connectivity index (χ0n) is 14.1. The molecule has 12 heteroatoms. The van der Waals surface area contributed by atoms with Crippen molar-refractivity contribution in [3.8, 4) is 0 Å². The fraction of sp³-hybridized carbons (Fsp3) is 0. The number of carboxylic acids is 1. The van der Waals surface area contributed by atoms with Crippen LogP contribution in [0.15, 0.2) is 36.4 Å². The first-order chi connectivity index (χ1) is 13.6. The van der Waals surface area contributed by atoms with Crippen molar-refractivity contribution < 1.29 is 19.6 Å². The van der Waals surface area contributed by atoms with E-state index in [1.54, 1.807) is 0 Å². The minimum Gasteiger partial charge on any atom is -0.478 e. The van der Waals surface area contributed by atoms with Crippen molar-refractivity contribution in [3.63, 3.8) is 0 Å². The largest absolute Gasteiger partial charge is 0.478 e. The van der Waals surface area contributed by atoms with Gasteiger partial charge in [0.15, 0.2) is 5.11 Å². The summed E-state index contributed by atoms with van der Waals surface area (Å²) in [6, 6.07) is 6.52. The third-order valence-corrected chi connectivity index (χ3v) is 4.39. The van der Waals surface area contributed by atoms with Gasteiger partial charge in [0.2, 0.25) is 5.91 Å². The molecule has 0 aromatic heterocycles. The highest BCUT2D eigenvalue weighted by Gasteiger charge is 2.17. The second-order valence-electron chi connectivity index (χ2n) is 5.36. The number of halogens is 3. The number of nitrogens with zero attached hydrogens (tertiary/aromatic N) is 1. The van der Waals surface area contributed by atoms with Crippen LogP contribution in [-0.2, 0) is 4.79 Å². The lowest BCUT2D eigenvalue weighted by molar-refractivity contribution is -0.384. The molecule has 0 radical (unpaired) electrons. The fourth-order valence-corrected chi connectivity index (χ4v) is 3.04. The van der Waals surface area contributed by atoms with Crippen LogP contribution in [0.3, 0.4) is 0 Å². The summed E-state index contributed by atoms with van der Waals surface area (Å²) in [4.78, 5) is 33.6. The van der Waals surface area contributed by atoms with E-state index in [0.29, 0.717) is 5.56 Å². The number of hydrogen-bond acceptors (Lipinski definition) is 5. The molecule has 0 fully saturated rings. The third kappa shape index (κ3) is 6.13. The summed E-state index contributed by atoms with van der Waals surface area (Å²) in [7, 11) is 0. The maximum absolute atomic E-state index is 12.0. The van der Waals surface area contributed by atoms with E-state index in [1.807, 2.05) is 0 Å². The first kappa shape index (κ1) is 22.6. The number of carbonyl (C=O) groups is 2. The maximum atomic E-state index is 12.0. The maximum Gasteiger partial charge on any atom is 0.337 e. The second-order valence-corrected chi connectivity index (χ2v) is 7.02. The Hall–Kier alpha value is -2.72. The minimum atomic E-state index is -1.30. The van der Waals surface area contributed by atoms with Crippen molar-refractivity contribution in [1.82, 2.24) is 5.32 Å². The van der Waals surface area contributed by atoms with Gasteiger partial charge in [-0.2, -0.15) is 0 Å². The summed E-state index contributed by atoms with van der Waals surface area (Å²) in [5.41, 5.74) is -0.205. The molecular weight excluding hydrogens is 465 g/mol. The normalized spacial score (nSPS) is 10.6. The number of benzene rings is 2. The number of carboxylic acid groups (broad SMARTS) is 1. The monoisotopic (exact) mass is 473 g/mol. The van der Waals surface area contributed by atoms with Crippen molar-refractivity contribution in [1.29, 1.82) is 0 Å². The standard InChI is InChI=1S/C17H10Cl3N3O5S/c18-9-6-10(16(25)26)15(12(20)7-9)22-17(29)21-14(24)4-2-8-1-3-11(19)13(5-8)23(27)28/h1-7H,(H,25,26)(H2,21,22,24,29). The van der Waals surface area contributed by atoms with Crippen LogP contribution in [-0.4, -0.2) is 27.0 Å². The highest BCUT2D eigenvalue weighted by atomic mass is 35.5. The van der Waals surface area contributed by atoms with Gasteiger partial charge in [0.25, 0.3) is 5.69 Å². The number of aromatic carboxylic acids is 1. The van der Waals surface area contributed by atoms with E-state index in [0.717, 1.165) is 6.08 Å². The van der Waals surface area contributed by atoms with Gasteiger partial charge in [-0.3, -0.25) is 20.2 Å². The van der Waals surface area contributed by atoms with Crippen LogP contribution < -0.4 is 10.6 Å². The molecule has 2 aromatic rings. The number of thiocarbonyl (C=S) groups is 1. The summed E-state index contributed by atoms with van der Waals surface area (Å²) in [5, 5.41) is 24.8. The smallest absolute Gasteiger partial charge is 0.337 e. The number of nitro benzene ring substituents is 1. The topological polar surface area (TPSA) is 122 Å². The summed E-state index contributed by atoms with van der Waals surface area (Å²) in [5.74, 6) is -1.96. The van der Waals surface area contributed by atoms with Crippen molar-refractivity contribution in [3.05, 3.63) is 72.7 Å². The average molecular weight is 475 g/mol. The Balaban J connectivity index is 2.10. The predicted octanol–water partition coefficient (Wildman–Crippen LogP) is 4.78. The van der Waals surface area contributed by atoms with Crippen LogP contribution in [0.5, 0.6) is 0 Å². The van der Waals surface area contributed by atoms with E-state index in [4.69, 9.17) is 47.0 Å². The van der Waals surface area contributed by atoms with Crippen LogP contribution >= 0.6 is 47.0 Å². The molecule has 2 rings (SSSR count). The molecule has 0 unspecified atom stereocenters. The quantitative estimate of drug-likeness (QED) is 0.247. The molecule has 2 aromatic carbocycles. The molecule has 8 nitrogen and oxygen atoms in total. The molecule has 0 saturated carbocycles. The number of nitrogens with one attached hydrogen (secondary N) is 2. The van der Waals surface area contributed by atoms with Gasteiger partial charge in [0.1, 0.15) is 5.02 Å². The van der Waals surface area contributed by atoms with Gasteiger partial charge >= 0.3 is 5.97 Å². The third-order valence-electron chi connectivity index (χ3n) is 3.35. The van der Waals surface area contributed by atoms with Crippen molar-refractivity contribution >= 4 is 81.5 Å². The molecular formula is C17H10Cl3N3O5S. The van der Waals surface area contributed by atoms with Crippen LogP contribution in [0, 0.1) is 10.1 Å². The number of hydrogen-bond donors (Lipinski definition) is 3. The van der Waals surface area contributed by atoms with Gasteiger partial charge in [0, 0.05) is 17.2 Å². The molecule has 0 bridgehead atoms. The van der Waals surface area contributed by atoms with Gasteiger partial charge in [0.05, 0.1) is 21.2 Å². The zero-order chi connectivity index (χ0) is 21.7. The number of amides is 1. The van der Waals surface area contributed by atoms with Crippen molar-refractivity contribution in [2.75, 3.05) is 5.32 Å². The Morgan fingerprint density at radius 1 is 1.14 bits per heavy atom. The molecule has 0 spiro atoms. The van der Waals surface area contributed by atoms with E-state index < -0.39 is 16.8 Å². The molecule has 0 aliphatic heterocycles. The number of rotatable bonds is 5. The minimum absolute atomic E-state index is 0.00415. The molecule has 150 valence electrons. The summed E-state index contributed by atoms with van der Waals surface area (Å²) >= 11 is 22.5. The number of carbonyl (C=O) groups excluding carboxylic acids is 1. The van der Waals surface area contributed by atoms with E-state index in [2.05, 4.69) is 10.6 Å². The lowest BCUT2D eigenvalue weighted by Crippen LogP contribution is -2.33. The van der Waals surface area contributed by atoms with Gasteiger partial charge in [-0.15, -0.1) is 0 Å². The van der Waals surface area contributed by atoms with Gasteiger partial charge in [-0.25, -0.2) is 4.79 Å². The van der Waals surface area contributed by atoms with Crippen molar-refractivity contribution in [2.24, 2.45) is 0 Å². The molecule has 0 atom stereocenters. The second kappa shape index (κ2) is 9.66. The Morgan fingerprint density at radius 2 is 1.83 bits per heavy atom. The van der Waals surface area contributed by atoms with E-state index >= 15 is 0 Å². The number of anilines is 1. The Kier molecular flexibility index (Phi) is 7.52. The van der Waals surface area contributed by atoms with Crippen LogP contribution in [0.4, 0.5) is 11.4 Å². The SMILES string of the molecule is O=C(C=Cc1ccc(Cl)c([N+](=O)[O-])c1)NC(=S)Nc1c(Cl)cc(Cl)cc1C(=O)O. The molecule has 0 aliphatic carbocycles. The Morgan fingerprint density at radius 3 is 2.45 bits per heavy atom. The highest BCUT2D eigenvalue weighted by Crippen LogP contribution is 2.30. The average Bonchev–Trinajstić information content (AvgIpc) is 2.62. The van der Waals surface area contributed by atoms with E-state index in [1.165, 1.54) is 36.4 Å². The highest BCUT2D eigenvalue weighted by molar-refractivity contribution is 7.80. The predicted molar refractivity (Wildman–Crippen MR) is 115 cm³/mol. The molecule has 29 heavy (non-hydrogen) atoms. The zero-order valence-corrected chi connectivity index (χ0v) is 17.2. The van der Waals surface area contributed by atoms with Gasteiger partial charge < -0.3 is 10.4 Å². The molecule has 1 amide bonds. The first-order valence-electron chi connectivity index (χ1n) is 7.55. The Labute approximate surface area is 184 Å². The fourth-order valence-electron chi connectivity index (χ4n) is 2.11. The van der Waals surface area contributed by atoms with E-state index in [9.17, 15) is 24.8 Å². The number of nitro groups is 1. The van der Waals surface area contributed by atoms with Gasteiger partial charge in [-0.05, 0) is 42.1 Å². The van der Waals surface area contributed by atoms with Crippen molar-refractivity contribution in [2.45, 2.75) is 0 Å². The van der Waals surface area contributed by atoms with E-state index in [-0.39, 0.29) is 37.1 Å². The summed E-state index contributed by atoms with van der Waals surface area (Å²) in [6.45, 7) is 0. The molecule has 3 N–H and O–H groups in total. The van der Waals surface area contributed by atoms with Gasteiger partial charge in [-0.1, -0.05) is 40.9 Å². The van der Waals surface area contributed by atoms with Crippen LogP contribution in [0.25, 0.3) is 6.08 Å². The van der Waals surface area contributed by atoms with Crippen LogP contribution in [0.2, 0.25) is 15.1 Å². The lowest BCUT2D eigenvalue weighted by Gasteiger charge is -2.13. The summed E-state index contributed by atoms with van der Waals surface area (Å²) < 4.78 is 0. The first-order valence-corrected chi connectivity index (χ1v) is 9.09. The molecule has 0 heterocycles. The van der Waals surface area contributed by atoms with Crippen LogP contribution in [0.1, 0.15) is 15.9 Å². The Bertz CT molecular complexity index is 1060. The lowest BCUT2D eigenvalue weighted by atomic mass is 10.2. The molecule has 0 aliphatic rings.